The van der Waals surface area contributed by atoms with Crippen molar-refractivity contribution in [2.24, 2.45) is 0 Å². The fraction of sp³-hybridized carbons (Fsp3) is 0.214. The molecule has 2 rings (SSSR count). The zero-order valence-electron chi connectivity index (χ0n) is 11.0. The van der Waals surface area contributed by atoms with Crippen LogP contribution in [0.15, 0.2) is 34.1 Å². The van der Waals surface area contributed by atoms with Gasteiger partial charge in [0.1, 0.15) is 17.2 Å². The molecule has 4 nitrogen and oxygen atoms in total. The molecule has 6 heteroatoms. The first-order valence-electron chi connectivity index (χ1n) is 5.77. The number of Topliss-reactive ketones (excluding diaryl/α,β-unsaturated/α-hetero) is 1. The monoisotopic (exact) mass is 356 g/mol. The molecule has 2 aromatic rings. The first-order valence-corrected chi connectivity index (χ1v) is 7.37. The van der Waals surface area contributed by atoms with Gasteiger partial charge in [-0.2, -0.15) is 0 Å². The number of hydrogen-bond acceptors (Lipinski definition) is 5. The maximum absolute atomic E-state index is 11.9. The summed E-state index contributed by atoms with van der Waals surface area (Å²) in [5.41, 5.74) is 0. The summed E-state index contributed by atoms with van der Waals surface area (Å²) in [4.78, 5) is 12.6. The Morgan fingerprint density at radius 3 is 2.20 bits per heavy atom. The molecule has 0 aliphatic heterocycles. The van der Waals surface area contributed by atoms with Gasteiger partial charge in [-0.3, -0.25) is 4.79 Å². The maximum Gasteiger partial charge on any atom is 0.210 e. The summed E-state index contributed by atoms with van der Waals surface area (Å²) in [7, 11) is 3.12. The van der Waals surface area contributed by atoms with Crippen LogP contribution in [0.25, 0.3) is 0 Å². The van der Waals surface area contributed by atoms with Gasteiger partial charge in [0.25, 0.3) is 0 Å². The molecule has 0 bridgehead atoms. The van der Waals surface area contributed by atoms with Gasteiger partial charge in [-0.05, 0) is 28.1 Å². The second kappa shape index (κ2) is 6.76. The fourth-order valence-corrected chi connectivity index (χ4v) is 2.86. The standard InChI is InChI=1S/C14H13BrO4S/c1-17-9-5-10(18-2)7-11(6-9)19-8-12(16)13-3-4-14(15)20-13/h3-7H,8H2,1-2H3. The van der Waals surface area contributed by atoms with E-state index in [9.17, 15) is 4.79 Å². The van der Waals surface area contributed by atoms with Crippen LogP contribution in [0.3, 0.4) is 0 Å². The van der Waals surface area contributed by atoms with Crippen LogP contribution in [0.2, 0.25) is 0 Å². The number of thiophene rings is 1. The number of ether oxygens (including phenoxy) is 3. The van der Waals surface area contributed by atoms with Crippen LogP contribution in [0.5, 0.6) is 17.2 Å². The predicted octanol–water partition coefficient (Wildman–Crippen LogP) is 3.79. The minimum absolute atomic E-state index is 0.0245. The third-order valence-electron chi connectivity index (χ3n) is 2.54. The molecule has 0 aliphatic rings. The van der Waals surface area contributed by atoms with Gasteiger partial charge in [0, 0.05) is 18.2 Å². The van der Waals surface area contributed by atoms with E-state index < -0.39 is 0 Å². The van der Waals surface area contributed by atoms with Crippen molar-refractivity contribution in [2.75, 3.05) is 20.8 Å². The third kappa shape index (κ3) is 3.74. The lowest BCUT2D eigenvalue weighted by molar-refractivity contribution is 0.0925. The van der Waals surface area contributed by atoms with Crippen molar-refractivity contribution in [3.05, 3.63) is 39.0 Å². The van der Waals surface area contributed by atoms with Gasteiger partial charge in [0.05, 0.1) is 22.9 Å². The number of halogens is 1. The highest BCUT2D eigenvalue weighted by molar-refractivity contribution is 9.11. The molecule has 0 saturated heterocycles. The van der Waals surface area contributed by atoms with E-state index in [1.807, 2.05) is 6.07 Å². The average Bonchev–Trinajstić information content (AvgIpc) is 2.91. The van der Waals surface area contributed by atoms with E-state index in [2.05, 4.69) is 15.9 Å². The minimum atomic E-state index is -0.0671. The number of carbonyl (C=O) groups is 1. The van der Waals surface area contributed by atoms with Gasteiger partial charge in [-0.15, -0.1) is 11.3 Å². The van der Waals surface area contributed by atoms with Crippen molar-refractivity contribution in [2.45, 2.75) is 0 Å². The van der Waals surface area contributed by atoms with Crippen LogP contribution in [0.1, 0.15) is 9.67 Å². The first kappa shape index (κ1) is 14.9. The summed E-state index contributed by atoms with van der Waals surface area (Å²) in [6.07, 6.45) is 0. The number of rotatable bonds is 6. The van der Waals surface area contributed by atoms with E-state index in [1.165, 1.54) is 11.3 Å². The minimum Gasteiger partial charge on any atom is -0.496 e. The van der Waals surface area contributed by atoms with Gasteiger partial charge >= 0.3 is 0 Å². The highest BCUT2D eigenvalue weighted by Crippen LogP contribution is 2.28. The Morgan fingerprint density at radius 1 is 1.10 bits per heavy atom. The van der Waals surface area contributed by atoms with E-state index in [4.69, 9.17) is 14.2 Å². The molecular formula is C14H13BrO4S. The molecule has 1 aromatic carbocycles. The average molecular weight is 357 g/mol. The van der Waals surface area contributed by atoms with E-state index in [-0.39, 0.29) is 12.4 Å². The van der Waals surface area contributed by atoms with Crippen molar-refractivity contribution in [1.29, 1.82) is 0 Å². The van der Waals surface area contributed by atoms with E-state index in [0.29, 0.717) is 22.1 Å². The maximum atomic E-state index is 11.9. The quantitative estimate of drug-likeness (QED) is 0.738. The Balaban J connectivity index is 2.05. The predicted molar refractivity (Wildman–Crippen MR) is 81.4 cm³/mol. The summed E-state index contributed by atoms with van der Waals surface area (Å²) in [5.74, 6) is 1.70. The number of methoxy groups -OCH3 is 2. The second-order valence-electron chi connectivity index (χ2n) is 3.86. The molecule has 0 radical (unpaired) electrons. The lowest BCUT2D eigenvalue weighted by atomic mass is 10.3. The molecule has 0 unspecified atom stereocenters. The van der Waals surface area contributed by atoms with Gasteiger partial charge in [0.2, 0.25) is 5.78 Å². The van der Waals surface area contributed by atoms with Crippen LogP contribution in [0.4, 0.5) is 0 Å². The third-order valence-corrected chi connectivity index (χ3v) is 4.21. The van der Waals surface area contributed by atoms with Gasteiger partial charge in [0.15, 0.2) is 6.61 Å². The number of benzene rings is 1. The molecule has 0 aliphatic carbocycles. The van der Waals surface area contributed by atoms with Gasteiger partial charge in [-0.25, -0.2) is 0 Å². The van der Waals surface area contributed by atoms with Crippen LogP contribution in [-0.4, -0.2) is 26.6 Å². The molecule has 0 amide bonds. The van der Waals surface area contributed by atoms with Crippen molar-refractivity contribution in [3.63, 3.8) is 0 Å². The normalized spacial score (nSPS) is 10.2. The van der Waals surface area contributed by atoms with Crippen molar-refractivity contribution >= 4 is 33.0 Å². The van der Waals surface area contributed by atoms with Crippen molar-refractivity contribution in [3.8, 4) is 17.2 Å². The summed E-state index contributed by atoms with van der Waals surface area (Å²) in [6, 6.07) is 8.77. The SMILES string of the molecule is COc1cc(OC)cc(OCC(=O)c2ccc(Br)s2)c1. The zero-order chi connectivity index (χ0) is 14.5. The Labute approximate surface area is 129 Å². The Kier molecular flexibility index (Phi) is 5.03. The van der Waals surface area contributed by atoms with Crippen LogP contribution in [-0.2, 0) is 0 Å². The first-order chi connectivity index (χ1) is 9.62. The molecule has 1 aromatic heterocycles. The lowest BCUT2D eigenvalue weighted by Gasteiger charge is -2.09. The summed E-state index contributed by atoms with van der Waals surface area (Å²) in [5, 5.41) is 0. The Morgan fingerprint density at radius 2 is 1.70 bits per heavy atom. The van der Waals surface area contributed by atoms with E-state index >= 15 is 0 Å². The highest BCUT2D eigenvalue weighted by atomic mass is 79.9. The molecule has 0 fully saturated rings. The molecule has 0 saturated carbocycles. The van der Waals surface area contributed by atoms with E-state index in [1.54, 1.807) is 38.5 Å². The Hall–Kier alpha value is -1.53. The summed E-state index contributed by atoms with van der Waals surface area (Å²) in [6.45, 7) is -0.0245. The molecule has 0 N–H and O–H groups in total. The fourth-order valence-electron chi connectivity index (χ4n) is 1.55. The molecular weight excluding hydrogens is 344 g/mol. The number of ketones is 1. The van der Waals surface area contributed by atoms with E-state index in [0.717, 1.165) is 3.79 Å². The Bertz CT molecular complexity index is 587. The molecule has 0 spiro atoms. The molecule has 106 valence electrons. The number of hydrogen-bond donors (Lipinski definition) is 0. The van der Waals surface area contributed by atoms with Crippen molar-refractivity contribution < 1.29 is 19.0 Å². The van der Waals surface area contributed by atoms with Gasteiger partial charge in [-0.1, -0.05) is 0 Å². The van der Waals surface area contributed by atoms with Crippen LogP contribution in [0, 0.1) is 0 Å². The summed E-state index contributed by atoms with van der Waals surface area (Å²) < 4.78 is 16.7. The zero-order valence-corrected chi connectivity index (χ0v) is 13.4. The van der Waals surface area contributed by atoms with Crippen LogP contribution < -0.4 is 14.2 Å². The topological polar surface area (TPSA) is 44.8 Å². The molecule has 1 heterocycles. The molecule has 0 atom stereocenters. The largest absolute Gasteiger partial charge is 0.496 e. The lowest BCUT2D eigenvalue weighted by Crippen LogP contribution is -2.10. The highest BCUT2D eigenvalue weighted by Gasteiger charge is 2.10. The summed E-state index contributed by atoms with van der Waals surface area (Å²) >= 11 is 4.71. The van der Waals surface area contributed by atoms with Crippen LogP contribution >= 0.6 is 27.3 Å². The smallest absolute Gasteiger partial charge is 0.210 e. The van der Waals surface area contributed by atoms with Crippen molar-refractivity contribution in [1.82, 2.24) is 0 Å². The molecule has 20 heavy (non-hydrogen) atoms. The second-order valence-corrected chi connectivity index (χ2v) is 6.33. The van der Waals surface area contributed by atoms with Gasteiger partial charge < -0.3 is 14.2 Å². The number of carbonyl (C=O) groups excluding carboxylic acids is 1.